The van der Waals surface area contributed by atoms with Crippen LogP contribution in [0, 0.1) is 0 Å². The Balaban J connectivity index is 1.28. The molecule has 2 aromatic rings. The van der Waals surface area contributed by atoms with E-state index < -0.39 is 17.7 Å². The van der Waals surface area contributed by atoms with E-state index in [-0.39, 0.29) is 13.0 Å². The SMILES string of the molecule is O=C(COC(=O)Cc1ccc(Cl)cc1)Nc1ccc2c(c1)OC1(CCCCC1)O2. The Morgan fingerprint density at radius 1 is 1.00 bits per heavy atom. The van der Waals surface area contributed by atoms with Gasteiger partial charge in [-0.25, -0.2) is 0 Å². The Labute approximate surface area is 174 Å². The summed E-state index contributed by atoms with van der Waals surface area (Å²) in [5.74, 6) is -0.128. The molecule has 6 nitrogen and oxygen atoms in total. The third-order valence-electron chi connectivity index (χ3n) is 5.06. The third-order valence-corrected chi connectivity index (χ3v) is 5.31. The molecule has 0 bridgehead atoms. The summed E-state index contributed by atoms with van der Waals surface area (Å²) >= 11 is 5.82. The van der Waals surface area contributed by atoms with E-state index in [9.17, 15) is 9.59 Å². The topological polar surface area (TPSA) is 73.9 Å². The number of benzene rings is 2. The van der Waals surface area contributed by atoms with E-state index in [2.05, 4.69) is 5.32 Å². The van der Waals surface area contributed by atoms with Crippen LogP contribution in [0.3, 0.4) is 0 Å². The fraction of sp³-hybridized carbons (Fsp3) is 0.364. The van der Waals surface area contributed by atoms with Crippen molar-refractivity contribution in [3.8, 4) is 11.5 Å². The molecule has 1 spiro atoms. The third kappa shape index (κ3) is 4.82. The number of hydrogen-bond donors (Lipinski definition) is 1. The van der Waals surface area contributed by atoms with E-state index in [0.29, 0.717) is 22.2 Å². The molecule has 7 heteroatoms. The molecular weight excluding hydrogens is 394 g/mol. The Bertz CT molecular complexity index is 906. The molecule has 1 fully saturated rings. The summed E-state index contributed by atoms with van der Waals surface area (Å²) in [5, 5.41) is 3.32. The van der Waals surface area contributed by atoms with Crippen molar-refractivity contribution in [3.05, 3.63) is 53.1 Å². The van der Waals surface area contributed by atoms with Gasteiger partial charge in [0.05, 0.1) is 6.42 Å². The van der Waals surface area contributed by atoms with Gasteiger partial charge in [-0.1, -0.05) is 30.2 Å². The molecule has 2 aromatic carbocycles. The predicted molar refractivity (Wildman–Crippen MR) is 108 cm³/mol. The number of hydrogen-bond acceptors (Lipinski definition) is 5. The number of carbonyl (C=O) groups is 2. The Kier molecular flexibility index (Phi) is 5.62. The first-order valence-corrected chi connectivity index (χ1v) is 10.1. The van der Waals surface area contributed by atoms with Gasteiger partial charge in [0, 0.05) is 29.6 Å². The molecular formula is C22H22ClNO5. The van der Waals surface area contributed by atoms with E-state index in [0.717, 1.165) is 31.2 Å². The van der Waals surface area contributed by atoms with Crippen molar-refractivity contribution >= 4 is 29.2 Å². The molecule has 1 saturated carbocycles. The lowest BCUT2D eigenvalue weighted by Gasteiger charge is -2.31. The van der Waals surface area contributed by atoms with Crippen LogP contribution in [0.1, 0.15) is 37.7 Å². The van der Waals surface area contributed by atoms with E-state index in [1.807, 2.05) is 0 Å². The van der Waals surface area contributed by atoms with Gasteiger partial charge in [0.1, 0.15) is 0 Å². The van der Waals surface area contributed by atoms with Gasteiger partial charge < -0.3 is 19.5 Å². The first kappa shape index (κ1) is 19.6. The molecule has 2 aliphatic rings. The van der Waals surface area contributed by atoms with Crippen LogP contribution in [0.4, 0.5) is 5.69 Å². The second-order valence-corrected chi connectivity index (χ2v) is 7.79. The smallest absolute Gasteiger partial charge is 0.310 e. The highest BCUT2D eigenvalue weighted by atomic mass is 35.5. The zero-order valence-corrected chi connectivity index (χ0v) is 16.7. The number of halogens is 1. The molecule has 1 aliphatic heterocycles. The van der Waals surface area contributed by atoms with Crippen LogP contribution < -0.4 is 14.8 Å². The summed E-state index contributed by atoms with van der Waals surface area (Å²) in [6, 6.07) is 12.2. The monoisotopic (exact) mass is 415 g/mol. The van der Waals surface area contributed by atoms with E-state index >= 15 is 0 Å². The summed E-state index contributed by atoms with van der Waals surface area (Å²) in [6.45, 7) is -0.356. The van der Waals surface area contributed by atoms with Gasteiger partial charge in [-0.3, -0.25) is 9.59 Å². The molecule has 1 amide bonds. The summed E-state index contributed by atoms with van der Waals surface area (Å²) < 4.78 is 17.1. The standard InChI is InChI=1S/C22H22ClNO5/c23-16-6-4-15(5-7-16)12-21(26)27-14-20(25)24-17-8-9-18-19(13-17)29-22(28-18)10-2-1-3-11-22/h4-9,13H,1-3,10-12,14H2,(H,24,25). The maximum absolute atomic E-state index is 12.1. The van der Waals surface area contributed by atoms with Crippen molar-refractivity contribution in [2.75, 3.05) is 11.9 Å². The van der Waals surface area contributed by atoms with Crippen molar-refractivity contribution < 1.29 is 23.8 Å². The lowest BCUT2D eigenvalue weighted by molar-refractivity contribution is -0.146. The fourth-order valence-electron chi connectivity index (χ4n) is 3.63. The summed E-state index contributed by atoms with van der Waals surface area (Å²) in [6.07, 6.45) is 5.18. The number of rotatable bonds is 5. The minimum Gasteiger partial charge on any atom is -0.455 e. The van der Waals surface area contributed by atoms with Crippen LogP contribution in [0.2, 0.25) is 5.02 Å². The van der Waals surface area contributed by atoms with E-state index in [1.165, 1.54) is 6.42 Å². The Hall–Kier alpha value is -2.73. The second-order valence-electron chi connectivity index (χ2n) is 7.35. The molecule has 0 atom stereocenters. The van der Waals surface area contributed by atoms with Crippen molar-refractivity contribution in [3.63, 3.8) is 0 Å². The molecule has 1 N–H and O–H groups in total. The minimum atomic E-state index is -0.555. The van der Waals surface area contributed by atoms with Crippen LogP contribution >= 0.6 is 11.6 Å². The zero-order valence-electron chi connectivity index (χ0n) is 15.9. The maximum atomic E-state index is 12.1. The van der Waals surface area contributed by atoms with E-state index in [1.54, 1.807) is 42.5 Å². The van der Waals surface area contributed by atoms with Crippen LogP contribution in [-0.4, -0.2) is 24.3 Å². The maximum Gasteiger partial charge on any atom is 0.310 e. The Morgan fingerprint density at radius 3 is 2.48 bits per heavy atom. The summed E-state index contributed by atoms with van der Waals surface area (Å²) in [7, 11) is 0. The lowest BCUT2D eigenvalue weighted by atomic mass is 9.94. The normalized spacial score (nSPS) is 16.4. The van der Waals surface area contributed by atoms with Gasteiger partial charge in [0.15, 0.2) is 18.1 Å². The number of ether oxygens (including phenoxy) is 3. The Morgan fingerprint density at radius 2 is 1.72 bits per heavy atom. The quantitative estimate of drug-likeness (QED) is 0.728. The molecule has 0 unspecified atom stereocenters. The van der Waals surface area contributed by atoms with Crippen LogP contribution in [-0.2, 0) is 20.7 Å². The largest absolute Gasteiger partial charge is 0.455 e. The average molecular weight is 416 g/mol. The van der Waals surface area contributed by atoms with Gasteiger partial charge in [0.2, 0.25) is 0 Å². The van der Waals surface area contributed by atoms with Gasteiger partial charge in [-0.15, -0.1) is 0 Å². The molecule has 4 rings (SSSR count). The number of anilines is 1. The number of carbonyl (C=O) groups excluding carboxylic acids is 2. The van der Waals surface area contributed by atoms with Gasteiger partial charge in [-0.05, 0) is 42.7 Å². The highest BCUT2D eigenvalue weighted by molar-refractivity contribution is 6.30. The number of nitrogens with one attached hydrogen (secondary N) is 1. The molecule has 1 heterocycles. The van der Waals surface area contributed by atoms with Gasteiger partial charge in [0.25, 0.3) is 11.7 Å². The van der Waals surface area contributed by atoms with E-state index in [4.69, 9.17) is 25.8 Å². The molecule has 29 heavy (non-hydrogen) atoms. The number of amides is 1. The first-order chi connectivity index (χ1) is 14.0. The molecule has 0 radical (unpaired) electrons. The van der Waals surface area contributed by atoms with Crippen molar-refractivity contribution in [1.82, 2.24) is 0 Å². The fourth-order valence-corrected chi connectivity index (χ4v) is 3.76. The van der Waals surface area contributed by atoms with Gasteiger partial charge in [-0.2, -0.15) is 0 Å². The lowest BCUT2D eigenvalue weighted by Crippen LogP contribution is -2.40. The highest BCUT2D eigenvalue weighted by Crippen LogP contribution is 2.46. The molecule has 1 aliphatic carbocycles. The van der Waals surface area contributed by atoms with Gasteiger partial charge >= 0.3 is 5.97 Å². The minimum absolute atomic E-state index is 0.0799. The number of fused-ring (bicyclic) bond motifs is 1. The van der Waals surface area contributed by atoms with Crippen molar-refractivity contribution in [2.45, 2.75) is 44.3 Å². The summed E-state index contributed by atoms with van der Waals surface area (Å²) in [5.41, 5.74) is 1.34. The van der Waals surface area contributed by atoms with Crippen LogP contribution in [0.5, 0.6) is 11.5 Å². The van der Waals surface area contributed by atoms with Crippen LogP contribution in [0.15, 0.2) is 42.5 Å². The van der Waals surface area contributed by atoms with Crippen molar-refractivity contribution in [1.29, 1.82) is 0 Å². The van der Waals surface area contributed by atoms with Crippen LogP contribution in [0.25, 0.3) is 0 Å². The predicted octanol–water partition coefficient (Wildman–Crippen LogP) is 4.50. The zero-order chi connectivity index (χ0) is 20.3. The number of esters is 1. The summed E-state index contributed by atoms with van der Waals surface area (Å²) in [4.78, 5) is 24.0. The molecule has 0 saturated heterocycles. The van der Waals surface area contributed by atoms with Crippen molar-refractivity contribution in [2.24, 2.45) is 0 Å². The second kappa shape index (κ2) is 8.33. The molecule has 0 aromatic heterocycles. The average Bonchev–Trinajstić information content (AvgIpc) is 3.05. The highest BCUT2D eigenvalue weighted by Gasteiger charge is 2.42. The molecule has 152 valence electrons. The first-order valence-electron chi connectivity index (χ1n) is 9.73.